The number of alkyl halides is 3. The zero-order valence-electron chi connectivity index (χ0n) is 9.16. The van der Waals surface area contributed by atoms with Crippen LogP contribution in [-0.2, 0) is 9.53 Å². The second-order valence-electron chi connectivity index (χ2n) is 3.32. The van der Waals surface area contributed by atoms with Gasteiger partial charge in [-0.25, -0.2) is 0 Å². The molecule has 4 nitrogen and oxygen atoms in total. The zero-order valence-corrected chi connectivity index (χ0v) is 11.4. The Morgan fingerprint density at radius 3 is 2.33 bits per heavy atom. The molecule has 1 amide bonds. The maximum absolute atomic E-state index is 11.6. The molecule has 1 N–H and O–H groups in total. The number of amides is 1. The largest absolute Gasteiger partial charge is 0.460 e. The van der Waals surface area contributed by atoms with Crippen LogP contribution >= 0.6 is 34.8 Å². The van der Waals surface area contributed by atoms with Gasteiger partial charge in [0.15, 0.2) is 0 Å². The van der Waals surface area contributed by atoms with Crippen molar-refractivity contribution in [2.45, 2.75) is 3.79 Å². The number of hydrogen-bond donors (Lipinski definition) is 1. The molecule has 0 aromatic heterocycles. The minimum Gasteiger partial charge on any atom is -0.460 e. The number of carbonyl (C=O) groups is 2. The van der Waals surface area contributed by atoms with Gasteiger partial charge in [0.05, 0.1) is 0 Å². The highest BCUT2D eigenvalue weighted by Crippen LogP contribution is 2.25. The summed E-state index contributed by atoms with van der Waals surface area (Å²) in [5.41, 5.74) is 0.451. The van der Waals surface area contributed by atoms with E-state index < -0.39 is 9.76 Å². The fourth-order valence-corrected chi connectivity index (χ4v) is 1.22. The van der Waals surface area contributed by atoms with E-state index in [1.165, 1.54) is 0 Å². The van der Waals surface area contributed by atoms with Gasteiger partial charge in [-0.2, -0.15) is 0 Å². The van der Waals surface area contributed by atoms with Crippen LogP contribution in [0.25, 0.3) is 0 Å². The van der Waals surface area contributed by atoms with Crippen molar-refractivity contribution in [1.82, 2.24) is 5.32 Å². The summed E-state index contributed by atoms with van der Waals surface area (Å²) >= 11 is 16.2. The third kappa shape index (κ3) is 6.10. The van der Waals surface area contributed by atoms with Crippen molar-refractivity contribution < 1.29 is 14.3 Å². The van der Waals surface area contributed by atoms with E-state index in [1.54, 1.807) is 30.3 Å². The second kappa shape index (κ2) is 6.83. The van der Waals surface area contributed by atoms with Crippen molar-refractivity contribution in [2.75, 3.05) is 13.2 Å². The summed E-state index contributed by atoms with van der Waals surface area (Å²) < 4.78 is 2.99. The Kier molecular flexibility index (Phi) is 5.72. The van der Waals surface area contributed by atoms with Crippen LogP contribution in [0.4, 0.5) is 0 Å². The standard InChI is InChI=1S/C11H10Cl3NO3/c12-11(13,14)7-18-9(16)6-15-10(17)8-4-2-1-3-5-8/h1-5H,6-7H2,(H,15,17). The number of halogens is 3. The number of hydrogen-bond acceptors (Lipinski definition) is 3. The smallest absolute Gasteiger partial charge is 0.325 e. The van der Waals surface area contributed by atoms with Gasteiger partial charge in [0.25, 0.3) is 5.91 Å². The fourth-order valence-electron chi connectivity index (χ4n) is 1.06. The van der Waals surface area contributed by atoms with Gasteiger partial charge in [-0.15, -0.1) is 0 Å². The Morgan fingerprint density at radius 1 is 1.17 bits per heavy atom. The van der Waals surface area contributed by atoms with Crippen molar-refractivity contribution in [2.24, 2.45) is 0 Å². The van der Waals surface area contributed by atoms with Crippen molar-refractivity contribution in [3.05, 3.63) is 35.9 Å². The third-order valence-electron chi connectivity index (χ3n) is 1.83. The molecule has 0 fully saturated rings. The molecule has 0 aliphatic heterocycles. The van der Waals surface area contributed by atoms with Crippen LogP contribution in [0.2, 0.25) is 0 Å². The predicted molar refractivity (Wildman–Crippen MR) is 70.0 cm³/mol. The highest BCUT2D eigenvalue weighted by molar-refractivity contribution is 6.67. The molecule has 0 aliphatic rings. The lowest BCUT2D eigenvalue weighted by atomic mass is 10.2. The highest BCUT2D eigenvalue weighted by Gasteiger charge is 2.22. The molecule has 0 saturated carbocycles. The summed E-state index contributed by atoms with van der Waals surface area (Å²) in [6, 6.07) is 8.47. The number of rotatable bonds is 4. The van der Waals surface area contributed by atoms with Gasteiger partial charge in [0, 0.05) is 5.56 Å². The minimum absolute atomic E-state index is 0.283. The molecule has 0 radical (unpaired) electrons. The molecular formula is C11H10Cl3NO3. The van der Waals surface area contributed by atoms with Crippen LogP contribution < -0.4 is 5.32 Å². The summed E-state index contributed by atoms with van der Waals surface area (Å²) in [5.74, 6) is -1.05. The normalized spacial score (nSPS) is 10.8. The summed E-state index contributed by atoms with van der Waals surface area (Å²) in [4.78, 5) is 22.8. The molecule has 0 atom stereocenters. The maximum Gasteiger partial charge on any atom is 0.325 e. The van der Waals surface area contributed by atoms with Gasteiger partial charge in [-0.05, 0) is 12.1 Å². The van der Waals surface area contributed by atoms with E-state index in [-0.39, 0.29) is 19.1 Å². The van der Waals surface area contributed by atoms with E-state index in [0.29, 0.717) is 5.56 Å². The maximum atomic E-state index is 11.6. The number of ether oxygens (including phenoxy) is 1. The minimum atomic E-state index is -1.65. The molecular weight excluding hydrogens is 300 g/mol. The molecule has 0 heterocycles. The highest BCUT2D eigenvalue weighted by atomic mass is 35.6. The Balaban J connectivity index is 2.33. The molecule has 0 unspecified atom stereocenters. The van der Waals surface area contributed by atoms with Crippen molar-refractivity contribution in [1.29, 1.82) is 0 Å². The second-order valence-corrected chi connectivity index (χ2v) is 5.84. The molecule has 0 aliphatic carbocycles. The SMILES string of the molecule is O=C(CNC(=O)c1ccccc1)OCC(Cl)(Cl)Cl. The lowest BCUT2D eigenvalue weighted by molar-refractivity contribution is -0.142. The molecule has 1 rings (SSSR count). The first-order valence-electron chi connectivity index (χ1n) is 4.94. The van der Waals surface area contributed by atoms with E-state index in [9.17, 15) is 9.59 Å². The van der Waals surface area contributed by atoms with Crippen molar-refractivity contribution >= 4 is 46.7 Å². The molecule has 98 valence electrons. The van der Waals surface area contributed by atoms with Crippen LogP contribution in [0.3, 0.4) is 0 Å². The quantitative estimate of drug-likeness (QED) is 0.686. The summed E-state index contributed by atoms with van der Waals surface area (Å²) in [6.45, 7) is -0.647. The molecule has 0 saturated heterocycles. The predicted octanol–water partition coefficient (Wildman–Crippen LogP) is 2.33. The average Bonchev–Trinajstić information content (AvgIpc) is 2.33. The van der Waals surface area contributed by atoms with Gasteiger partial charge in [0.2, 0.25) is 3.79 Å². The fraction of sp³-hybridized carbons (Fsp3) is 0.273. The Hall–Kier alpha value is -0.970. The molecule has 1 aromatic carbocycles. The number of nitrogens with one attached hydrogen (secondary N) is 1. The Bertz CT molecular complexity index is 417. The first-order valence-corrected chi connectivity index (χ1v) is 6.07. The lowest BCUT2D eigenvalue weighted by Gasteiger charge is -2.11. The van der Waals surface area contributed by atoms with Gasteiger partial charge in [-0.3, -0.25) is 9.59 Å². The number of benzene rings is 1. The van der Waals surface area contributed by atoms with E-state index in [2.05, 4.69) is 10.1 Å². The summed E-state index contributed by atoms with van der Waals surface area (Å²) in [7, 11) is 0. The zero-order chi connectivity index (χ0) is 13.6. The lowest BCUT2D eigenvalue weighted by Crippen LogP contribution is -2.32. The van der Waals surface area contributed by atoms with Gasteiger partial charge in [-0.1, -0.05) is 53.0 Å². The third-order valence-corrected chi connectivity index (χ3v) is 2.15. The van der Waals surface area contributed by atoms with Crippen molar-refractivity contribution in [3.63, 3.8) is 0 Å². The van der Waals surface area contributed by atoms with Crippen LogP contribution in [0.5, 0.6) is 0 Å². The van der Waals surface area contributed by atoms with Gasteiger partial charge < -0.3 is 10.1 Å². The van der Waals surface area contributed by atoms with Crippen LogP contribution in [-0.4, -0.2) is 28.8 Å². The first kappa shape index (κ1) is 15.1. The summed E-state index contributed by atoms with van der Waals surface area (Å²) in [6.07, 6.45) is 0. The van der Waals surface area contributed by atoms with E-state index in [0.717, 1.165) is 0 Å². The van der Waals surface area contributed by atoms with E-state index in [1.807, 2.05) is 0 Å². The first-order chi connectivity index (χ1) is 8.38. The van der Waals surface area contributed by atoms with Crippen molar-refractivity contribution in [3.8, 4) is 0 Å². The molecule has 0 bridgehead atoms. The molecule has 7 heteroatoms. The molecule has 18 heavy (non-hydrogen) atoms. The Morgan fingerprint density at radius 2 is 1.78 bits per heavy atom. The van der Waals surface area contributed by atoms with Crippen LogP contribution in [0.15, 0.2) is 30.3 Å². The number of carbonyl (C=O) groups excluding carboxylic acids is 2. The number of esters is 1. The molecule has 0 spiro atoms. The summed E-state index contributed by atoms with van der Waals surface area (Å²) in [5, 5.41) is 2.39. The van der Waals surface area contributed by atoms with Crippen LogP contribution in [0.1, 0.15) is 10.4 Å². The van der Waals surface area contributed by atoms with E-state index in [4.69, 9.17) is 34.8 Å². The van der Waals surface area contributed by atoms with E-state index >= 15 is 0 Å². The van der Waals surface area contributed by atoms with Crippen LogP contribution in [0, 0.1) is 0 Å². The van der Waals surface area contributed by atoms with Gasteiger partial charge >= 0.3 is 5.97 Å². The Labute approximate surface area is 119 Å². The topological polar surface area (TPSA) is 55.4 Å². The average molecular weight is 311 g/mol. The van der Waals surface area contributed by atoms with Gasteiger partial charge in [0.1, 0.15) is 13.2 Å². The monoisotopic (exact) mass is 309 g/mol. The molecule has 1 aromatic rings.